The van der Waals surface area contributed by atoms with E-state index in [0.717, 1.165) is 0 Å². The molecule has 142 valence electrons. The minimum Gasteiger partial charge on any atom is -0.360 e. The molecule has 26 heavy (non-hydrogen) atoms. The molecule has 0 heterocycles. The molecule has 1 rings (SSSR count). The molecular formula is C14H16F3N5O4. The van der Waals surface area contributed by atoms with Crippen molar-refractivity contribution in [3.05, 3.63) is 31.9 Å². The van der Waals surface area contributed by atoms with Gasteiger partial charge in [0.1, 0.15) is 5.69 Å². The van der Waals surface area contributed by atoms with Crippen LogP contribution in [0.5, 0.6) is 0 Å². The van der Waals surface area contributed by atoms with Gasteiger partial charge in [-0.2, -0.15) is 18.4 Å². The van der Waals surface area contributed by atoms with Crippen molar-refractivity contribution in [3.63, 3.8) is 0 Å². The van der Waals surface area contributed by atoms with Crippen molar-refractivity contribution in [1.82, 2.24) is 0 Å². The van der Waals surface area contributed by atoms with Crippen LogP contribution in [-0.2, 0) is 6.18 Å². The molecule has 1 aromatic rings. The molecule has 0 unspecified atom stereocenters. The van der Waals surface area contributed by atoms with E-state index in [4.69, 9.17) is 5.26 Å². The highest BCUT2D eigenvalue weighted by Crippen LogP contribution is 2.49. The minimum atomic E-state index is -5.13. The number of nitrogens with one attached hydrogen (secondary N) is 1. The van der Waals surface area contributed by atoms with Crippen LogP contribution in [0.4, 0.5) is 35.9 Å². The van der Waals surface area contributed by atoms with E-state index >= 15 is 0 Å². The van der Waals surface area contributed by atoms with Gasteiger partial charge in [0.15, 0.2) is 11.9 Å². The summed E-state index contributed by atoms with van der Waals surface area (Å²) in [5.41, 5.74) is -5.48. The Morgan fingerprint density at radius 2 is 1.73 bits per heavy atom. The highest BCUT2D eigenvalue weighted by Gasteiger charge is 2.43. The molecule has 0 fully saturated rings. The number of hydrogen-bond acceptors (Lipinski definition) is 7. The van der Waals surface area contributed by atoms with Gasteiger partial charge in [-0.3, -0.25) is 25.5 Å². The van der Waals surface area contributed by atoms with Crippen molar-refractivity contribution < 1.29 is 23.0 Å². The van der Waals surface area contributed by atoms with Gasteiger partial charge in [0.05, 0.1) is 15.4 Å². The third-order valence-corrected chi connectivity index (χ3v) is 3.42. The maximum absolute atomic E-state index is 13.3. The van der Waals surface area contributed by atoms with Crippen LogP contribution in [0.1, 0.15) is 32.3 Å². The Labute approximate surface area is 146 Å². The van der Waals surface area contributed by atoms with Gasteiger partial charge in [0.25, 0.3) is 5.69 Å². The maximum atomic E-state index is 13.3. The first-order chi connectivity index (χ1) is 12.1. The number of halogens is 3. The number of alkyl halides is 3. The summed E-state index contributed by atoms with van der Waals surface area (Å²) >= 11 is 0. The predicted octanol–water partition coefficient (Wildman–Crippen LogP) is 4.04. The van der Waals surface area contributed by atoms with Crippen molar-refractivity contribution in [2.75, 3.05) is 23.3 Å². The molecule has 0 atom stereocenters. The van der Waals surface area contributed by atoms with Crippen molar-refractivity contribution in [2.45, 2.75) is 32.9 Å². The third kappa shape index (κ3) is 4.29. The lowest BCUT2D eigenvalue weighted by atomic mass is 10.1. The van der Waals surface area contributed by atoms with E-state index in [-0.39, 0.29) is 19.2 Å². The van der Waals surface area contributed by atoms with Crippen LogP contribution in [0.3, 0.4) is 0 Å². The van der Waals surface area contributed by atoms with Crippen LogP contribution < -0.4 is 10.2 Å². The summed E-state index contributed by atoms with van der Waals surface area (Å²) in [6.07, 6.45) is -2.99. The summed E-state index contributed by atoms with van der Waals surface area (Å²) in [7, 11) is 0. The smallest absolute Gasteiger partial charge is 0.360 e. The number of hydrogen-bond donors (Lipinski definition) is 1. The molecule has 0 bridgehead atoms. The van der Waals surface area contributed by atoms with Gasteiger partial charge in [-0.25, -0.2) is 0 Å². The molecule has 0 amide bonds. The lowest BCUT2D eigenvalue weighted by molar-refractivity contribution is -0.392. The fourth-order valence-corrected chi connectivity index (χ4v) is 2.55. The van der Waals surface area contributed by atoms with E-state index in [1.165, 1.54) is 11.1 Å². The van der Waals surface area contributed by atoms with Gasteiger partial charge < -0.3 is 4.90 Å². The Kier molecular flexibility index (Phi) is 6.71. The molecule has 0 aromatic heterocycles. The van der Waals surface area contributed by atoms with Gasteiger partial charge in [-0.15, -0.1) is 0 Å². The molecule has 0 aliphatic rings. The Bertz CT molecular complexity index is 740. The van der Waals surface area contributed by atoms with E-state index in [9.17, 15) is 33.4 Å². The second kappa shape index (κ2) is 8.32. The lowest BCUT2D eigenvalue weighted by Crippen LogP contribution is -2.27. The fourth-order valence-electron chi connectivity index (χ4n) is 2.55. The van der Waals surface area contributed by atoms with Crippen molar-refractivity contribution in [2.24, 2.45) is 0 Å². The zero-order valence-electron chi connectivity index (χ0n) is 14.0. The number of benzene rings is 1. The van der Waals surface area contributed by atoms with E-state index in [2.05, 4.69) is 0 Å². The first-order valence-electron chi connectivity index (χ1n) is 7.57. The summed E-state index contributed by atoms with van der Waals surface area (Å²) in [4.78, 5) is 21.9. The molecule has 12 heteroatoms. The average Bonchev–Trinajstić information content (AvgIpc) is 2.52. The highest BCUT2D eigenvalue weighted by atomic mass is 19.4. The van der Waals surface area contributed by atoms with Crippen LogP contribution in [0.15, 0.2) is 6.07 Å². The Hall–Kier alpha value is -3.10. The van der Waals surface area contributed by atoms with Crippen molar-refractivity contribution in [3.8, 4) is 6.19 Å². The SMILES string of the molecule is CCCN(CCC)c1c([N+](=O)[O-])cc(C(F)(F)F)c(NC#N)c1[N+](=O)[O-]. The highest BCUT2D eigenvalue weighted by molar-refractivity contribution is 5.88. The van der Waals surface area contributed by atoms with E-state index in [0.29, 0.717) is 12.8 Å². The molecule has 0 saturated carbocycles. The van der Waals surface area contributed by atoms with Crippen LogP contribution in [0.25, 0.3) is 0 Å². The van der Waals surface area contributed by atoms with E-state index in [1.807, 2.05) is 0 Å². The van der Waals surface area contributed by atoms with Crippen LogP contribution >= 0.6 is 0 Å². The van der Waals surface area contributed by atoms with Gasteiger partial charge in [-0.05, 0) is 12.8 Å². The Morgan fingerprint density at radius 3 is 2.08 bits per heavy atom. The summed E-state index contributed by atoms with van der Waals surface area (Å²) in [6, 6.07) is 0.223. The lowest BCUT2D eigenvalue weighted by Gasteiger charge is -2.25. The molecule has 0 saturated heterocycles. The summed E-state index contributed by atoms with van der Waals surface area (Å²) < 4.78 is 39.8. The number of nitro groups is 2. The minimum absolute atomic E-state index is 0.160. The zero-order valence-corrected chi connectivity index (χ0v) is 14.0. The Morgan fingerprint density at radius 1 is 1.19 bits per heavy atom. The largest absolute Gasteiger partial charge is 0.418 e. The van der Waals surface area contributed by atoms with Gasteiger partial charge >= 0.3 is 11.9 Å². The monoisotopic (exact) mass is 375 g/mol. The maximum Gasteiger partial charge on any atom is 0.418 e. The number of nitrogens with zero attached hydrogens (tertiary/aromatic N) is 4. The molecule has 0 radical (unpaired) electrons. The molecule has 0 aliphatic heterocycles. The number of anilines is 2. The molecule has 1 aromatic carbocycles. The third-order valence-electron chi connectivity index (χ3n) is 3.42. The van der Waals surface area contributed by atoms with Gasteiger partial charge in [0.2, 0.25) is 0 Å². The second-order valence-corrected chi connectivity index (χ2v) is 5.25. The number of nitriles is 1. The molecule has 1 N–H and O–H groups in total. The average molecular weight is 375 g/mol. The summed E-state index contributed by atoms with van der Waals surface area (Å²) in [5, 5.41) is 33.3. The van der Waals surface area contributed by atoms with Gasteiger partial charge in [0, 0.05) is 19.2 Å². The summed E-state index contributed by atoms with van der Waals surface area (Å²) in [6.45, 7) is 3.76. The second-order valence-electron chi connectivity index (χ2n) is 5.25. The normalized spacial score (nSPS) is 10.9. The molecule has 0 aliphatic carbocycles. The summed E-state index contributed by atoms with van der Waals surface area (Å²) in [5.74, 6) is 0. The van der Waals surface area contributed by atoms with Crippen LogP contribution in [0, 0.1) is 31.7 Å². The predicted molar refractivity (Wildman–Crippen MR) is 86.8 cm³/mol. The van der Waals surface area contributed by atoms with Crippen LogP contribution in [0.2, 0.25) is 0 Å². The first-order valence-corrected chi connectivity index (χ1v) is 7.57. The first kappa shape index (κ1) is 20.9. The molecule has 9 nitrogen and oxygen atoms in total. The standard InChI is InChI=1S/C14H16F3N5O4/c1-3-5-20(6-4-2)12-10(21(23)24)7-9(14(15,16)17)11(19-8-18)13(12)22(25)26/h7,19H,3-6H2,1-2H3. The fraction of sp³-hybridized carbons (Fsp3) is 0.500. The topological polar surface area (TPSA) is 125 Å². The quantitative estimate of drug-likeness (QED) is 0.314. The zero-order chi connectivity index (χ0) is 20.1. The van der Waals surface area contributed by atoms with E-state index in [1.54, 1.807) is 19.2 Å². The number of rotatable bonds is 8. The molecular weight excluding hydrogens is 359 g/mol. The van der Waals surface area contributed by atoms with E-state index < -0.39 is 44.3 Å². The van der Waals surface area contributed by atoms with Gasteiger partial charge in [-0.1, -0.05) is 13.8 Å². The van der Waals surface area contributed by atoms with Crippen molar-refractivity contribution in [1.29, 1.82) is 5.26 Å². The Balaban J connectivity index is 4.02. The number of nitro benzene ring substituents is 2. The van der Waals surface area contributed by atoms with Crippen molar-refractivity contribution >= 4 is 22.7 Å². The molecule has 0 spiro atoms. The van der Waals surface area contributed by atoms with Crippen LogP contribution in [-0.4, -0.2) is 22.9 Å².